The van der Waals surface area contributed by atoms with Crippen molar-refractivity contribution in [2.24, 2.45) is 5.41 Å². The predicted molar refractivity (Wildman–Crippen MR) is 136 cm³/mol. The normalized spacial score (nSPS) is 14.6. The van der Waals surface area contributed by atoms with Crippen LogP contribution >= 0.6 is 11.5 Å². The van der Waals surface area contributed by atoms with Crippen LogP contribution in [0.15, 0.2) is 67.0 Å². The van der Waals surface area contributed by atoms with E-state index in [2.05, 4.69) is 14.7 Å². The van der Waals surface area contributed by atoms with Crippen LogP contribution in [0.4, 0.5) is 5.13 Å². The molecule has 2 aromatic carbocycles. The van der Waals surface area contributed by atoms with Crippen molar-refractivity contribution in [3.8, 4) is 28.6 Å². The Morgan fingerprint density at radius 1 is 1.06 bits per heavy atom. The van der Waals surface area contributed by atoms with Crippen molar-refractivity contribution in [3.05, 3.63) is 78.1 Å². The number of benzene rings is 2. The molecule has 0 fully saturated rings. The number of hydrogen-bond donors (Lipinski definition) is 1. The van der Waals surface area contributed by atoms with E-state index < -0.39 is 5.41 Å². The van der Waals surface area contributed by atoms with Crippen molar-refractivity contribution in [1.29, 1.82) is 0 Å². The predicted octanol–water partition coefficient (Wildman–Crippen LogP) is 6.29. The highest BCUT2D eigenvalue weighted by Gasteiger charge is 2.44. The Bertz CT molecular complexity index is 1350. The Hall–Kier alpha value is -3.78. The zero-order chi connectivity index (χ0) is 24.6. The van der Waals surface area contributed by atoms with Gasteiger partial charge in [-0.15, -0.1) is 0 Å². The van der Waals surface area contributed by atoms with E-state index in [0.717, 1.165) is 39.7 Å². The maximum absolute atomic E-state index is 13.4. The molecular weight excluding hydrogens is 460 g/mol. The van der Waals surface area contributed by atoms with Crippen LogP contribution in [0.25, 0.3) is 11.3 Å². The molecular formula is C27H26N4O3S. The van der Waals surface area contributed by atoms with Gasteiger partial charge >= 0.3 is 0 Å². The van der Waals surface area contributed by atoms with Crippen molar-refractivity contribution < 1.29 is 14.3 Å². The molecule has 3 heterocycles. The number of fused-ring (bicyclic) bond motifs is 2. The molecule has 1 aliphatic rings. The van der Waals surface area contributed by atoms with E-state index in [1.165, 1.54) is 6.33 Å². The minimum Gasteiger partial charge on any atom is -0.491 e. The number of ether oxygens (including phenoxy) is 2. The first kappa shape index (κ1) is 23.0. The summed E-state index contributed by atoms with van der Waals surface area (Å²) in [7, 11) is 0. The molecule has 2 aromatic heterocycles. The first-order valence-electron chi connectivity index (χ1n) is 11.5. The zero-order valence-corrected chi connectivity index (χ0v) is 20.8. The number of rotatable bonds is 6. The van der Waals surface area contributed by atoms with Crippen molar-refractivity contribution >= 4 is 22.6 Å². The number of pyridine rings is 1. The molecule has 0 unspecified atom stereocenters. The second-order valence-electron chi connectivity index (χ2n) is 9.28. The largest absolute Gasteiger partial charge is 0.491 e. The van der Waals surface area contributed by atoms with Gasteiger partial charge in [-0.25, -0.2) is 9.97 Å². The lowest BCUT2D eigenvalue weighted by atomic mass is 9.69. The summed E-state index contributed by atoms with van der Waals surface area (Å²) in [6.07, 6.45) is 1.54. The first-order chi connectivity index (χ1) is 16.8. The summed E-state index contributed by atoms with van der Waals surface area (Å²) in [4.78, 5) is 22.4. The van der Waals surface area contributed by atoms with Crippen LogP contribution in [0.3, 0.4) is 0 Å². The van der Waals surface area contributed by atoms with E-state index in [4.69, 9.17) is 14.5 Å². The van der Waals surface area contributed by atoms with Gasteiger partial charge in [-0.05, 0) is 50.2 Å². The Balaban J connectivity index is 1.52. The number of anilines is 1. The maximum atomic E-state index is 13.4. The number of nitrogens with one attached hydrogen (secondary N) is 1. The molecule has 5 rings (SSSR count). The van der Waals surface area contributed by atoms with E-state index >= 15 is 0 Å². The molecule has 0 spiro atoms. The lowest BCUT2D eigenvalue weighted by molar-refractivity contribution is -0.124. The van der Waals surface area contributed by atoms with Crippen molar-refractivity contribution in [2.75, 3.05) is 5.32 Å². The third-order valence-corrected chi connectivity index (χ3v) is 6.63. The number of carbonyl (C=O) groups is 1. The van der Waals surface area contributed by atoms with Crippen molar-refractivity contribution in [1.82, 2.24) is 14.3 Å². The molecule has 8 heteroatoms. The molecule has 0 radical (unpaired) electrons. The van der Waals surface area contributed by atoms with E-state index in [9.17, 15) is 4.79 Å². The van der Waals surface area contributed by atoms with Gasteiger partial charge < -0.3 is 14.8 Å². The third-order valence-electron chi connectivity index (χ3n) is 6.05. The second kappa shape index (κ2) is 9.11. The minimum absolute atomic E-state index is 0.112. The van der Waals surface area contributed by atoms with Gasteiger partial charge in [0.15, 0.2) is 0 Å². The Morgan fingerprint density at radius 3 is 2.54 bits per heavy atom. The smallest absolute Gasteiger partial charge is 0.232 e. The molecule has 35 heavy (non-hydrogen) atoms. The summed E-state index contributed by atoms with van der Waals surface area (Å²) >= 11 is 1.15. The highest BCUT2D eigenvalue weighted by molar-refractivity contribution is 7.09. The van der Waals surface area contributed by atoms with Crippen LogP contribution in [0.5, 0.6) is 17.4 Å². The van der Waals surface area contributed by atoms with Crippen LogP contribution in [0.2, 0.25) is 0 Å². The van der Waals surface area contributed by atoms with Crippen LogP contribution in [-0.4, -0.2) is 26.4 Å². The van der Waals surface area contributed by atoms with E-state index in [1.807, 2.05) is 88.4 Å². The van der Waals surface area contributed by atoms with Crippen molar-refractivity contribution in [3.63, 3.8) is 0 Å². The second-order valence-corrected chi connectivity index (χ2v) is 10.1. The summed E-state index contributed by atoms with van der Waals surface area (Å²) in [6.45, 7) is 7.86. The molecule has 0 saturated heterocycles. The average Bonchev–Trinajstić information content (AvgIpc) is 3.35. The molecule has 0 bridgehead atoms. The van der Waals surface area contributed by atoms with Crippen LogP contribution in [-0.2, 0) is 4.79 Å². The average molecular weight is 487 g/mol. The van der Waals surface area contributed by atoms with Crippen molar-refractivity contribution in [2.45, 2.75) is 39.7 Å². The summed E-state index contributed by atoms with van der Waals surface area (Å²) in [5.41, 5.74) is 2.73. The molecule has 1 amide bonds. The topological polar surface area (TPSA) is 86.2 Å². The monoisotopic (exact) mass is 486 g/mol. The highest BCUT2D eigenvalue weighted by Crippen LogP contribution is 2.52. The molecule has 1 atom stereocenters. The SMILES string of the molecule is CC(C)Oc1ccc(-c2ccc3c(n2)Oc2ccccc2[C@@H]3C(C)(C)C(=O)Nc2ncns2)cc1. The molecule has 1 N–H and O–H groups in total. The Morgan fingerprint density at radius 2 is 1.83 bits per heavy atom. The Labute approximate surface area is 208 Å². The standard InChI is InChI=1S/C27H26N4O3S/c1-16(2)33-18-11-9-17(10-12-18)21-14-13-20-23(19-7-5-6-8-22(19)34-24(20)30-21)27(3,4)25(32)31-26-28-15-29-35-26/h5-16,23H,1-4H3,(H,28,29,31,32)/t23-/m0/s1. The number of amides is 1. The van der Waals surface area contributed by atoms with E-state index in [1.54, 1.807) is 0 Å². The zero-order valence-electron chi connectivity index (χ0n) is 20.0. The molecule has 178 valence electrons. The van der Waals surface area contributed by atoms with Crippen LogP contribution in [0.1, 0.15) is 44.7 Å². The summed E-state index contributed by atoms with van der Waals surface area (Å²) in [5, 5.41) is 3.38. The molecule has 0 saturated carbocycles. The van der Waals surface area contributed by atoms with E-state index in [-0.39, 0.29) is 17.9 Å². The van der Waals surface area contributed by atoms with Crippen LogP contribution < -0.4 is 14.8 Å². The van der Waals surface area contributed by atoms with Gasteiger partial charge in [0, 0.05) is 34.1 Å². The Kier molecular flexibility index (Phi) is 5.98. The first-order valence-corrected chi connectivity index (χ1v) is 12.2. The van der Waals surface area contributed by atoms with Gasteiger partial charge in [0.1, 0.15) is 17.8 Å². The maximum Gasteiger partial charge on any atom is 0.232 e. The van der Waals surface area contributed by atoms with Gasteiger partial charge in [0.05, 0.1) is 17.2 Å². The fourth-order valence-electron chi connectivity index (χ4n) is 4.37. The number of aromatic nitrogens is 3. The quantitative estimate of drug-likeness (QED) is 0.345. The van der Waals surface area contributed by atoms with Gasteiger partial charge in [-0.1, -0.05) is 38.1 Å². The summed E-state index contributed by atoms with van der Waals surface area (Å²) in [5.74, 6) is 1.61. The molecule has 7 nitrogen and oxygen atoms in total. The lowest BCUT2D eigenvalue weighted by Crippen LogP contribution is -2.38. The molecule has 1 aliphatic heterocycles. The van der Waals surface area contributed by atoms with Gasteiger partial charge in [-0.3, -0.25) is 4.79 Å². The third kappa shape index (κ3) is 4.49. The fraction of sp³-hybridized carbons (Fsp3) is 0.259. The fourth-order valence-corrected chi connectivity index (χ4v) is 4.80. The number of para-hydroxylation sites is 1. The summed E-state index contributed by atoms with van der Waals surface area (Å²) < 4.78 is 16.0. The molecule has 4 aromatic rings. The van der Waals surface area contributed by atoms with Gasteiger partial charge in [0.25, 0.3) is 0 Å². The van der Waals surface area contributed by atoms with E-state index in [0.29, 0.717) is 16.8 Å². The van der Waals surface area contributed by atoms with Crippen LogP contribution in [0, 0.1) is 5.41 Å². The lowest BCUT2D eigenvalue weighted by Gasteiger charge is -2.37. The molecule has 0 aliphatic carbocycles. The van der Waals surface area contributed by atoms with Gasteiger partial charge in [-0.2, -0.15) is 4.37 Å². The number of hydrogen-bond acceptors (Lipinski definition) is 7. The number of nitrogens with zero attached hydrogens (tertiary/aromatic N) is 3. The highest BCUT2D eigenvalue weighted by atomic mass is 32.1. The number of carbonyl (C=O) groups excluding carboxylic acids is 1. The minimum atomic E-state index is -0.820. The van der Waals surface area contributed by atoms with Gasteiger partial charge in [0.2, 0.25) is 16.9 Å². The summed E-state index contributed by atoms with van der Waals surface area (Å²) in [6, 6.07) is 19.6.